The summed E-state index contributed by atoms with van der Waals surface area (Å²) < 4.78 is 4.84. The molecule has 1 rings (SSSR count). The topological polar surface area (TPSA) is 88.5 Å². The van der Waals surface area contributed by atoms with E-state index < -0.39 is 17.9 Å². The van der Waals surface area contributed by atoms with Crippen molar-refractivity contribution in [3.05, 3.63) is 29.0 Å². The molecule has 1 atom stereocenters. The van der Waals surface area contributed by atoms with Gasteiger partial charge < -0.3 is 15.2 Å². The monoisotopic (exact) mass is 286 g/mol. The third-order valence-corrected chi connectivity index (χ3v) is 2.66. The molecule has 0 aliphatic heterocycles. The summed E-state index contributed by atoms with van der Waals surface area (Å²) in [6.07, 6.45) is 2.15. The van der Waals surface area contributed by atoms with Gasteiger partial charge in [0, 0.05) is 19.9 Å². The molecule has 1 aromatic heterocycles. The van der Waals surface area contributed by atoms with E-state index in [-0.39, 0.29) is 10.7 Å². The van der Waals surface area contributed by atoms with Crippen LogP contribution in [-0.2, 0) is 9.53 Å². The van der Waals surface area contributed by atoms with Crippen LogP contribution in [-0.4, -0.2) is 41.7 Å². The number of aliphatic carboxylic acids is 1. The Kier molecular flexibility index (Phi) is 6.24. The number of nitrogens with one attached hydrogen (secondary N) is 1. The zero-order chi connectivity index (χ0) is 14.3. The number of pyridine rings is 1. The van der Waals surface area contributed by atoms with Crippen LogP contribution in [0, 0.1) is 0 Å². The fourth-order valence-electron chi connectivity index (χ4n) is 1.44. The van der Waals surface area contributed by atoms with E-state index in [1.807, 2.05) is 0 Å². The second-order valence-electron chi connectivity index (χ2n) is 3.87. The Morgan fingerprint density at radius 2 is 2.26 bits per heavy atom. The van der Waals surface area contributed by atoms with Crippen molar-refractivity contribution in [3.63, 3.8) is 0 Å². The smallest absolute Gasteiger partial charge is 0.326 e. The second kappa shape index (κ2) is 7.70. The van der Waals surface area contributed by atoms with Crippen molar-refractivity contribution < 1.29 is 19.4 Å². The van der Waals surface area contributed by atoms with Gasteiger partial charge in [0.15, 0.2) is 0 Å². The summed E-state index contributed by atoms with van der Waals surface area (Å²) >= 11 is 5.61. The SMILES string of the molecule is COCCCC(NC(=O)c1ccc(Cl)nc1)C(=O)O. The molecule has 2 N–H and O–H groups in total. The molecule has 0 saturated carbocycles. The minimum Gasteiger partial charge on any atom is -0.480 e. The first-order chi connectivity index (χ1) is 9.04. The van der Waals surface area contributed by atoms with Gasteiger partial charge in [0.05, 0.1) is 5.56 Å². The van der Waals surface area contributed by atoms with E-state index in [0.717, 1.165) is 0 Å². The Bertz CT molecular complexity index is 436. The van der Waals surface area contributed by atoms with Crippen molar-refractivity contribution in [3.8, 4) is 0 Å². The van der Waals surface area contributed by atoms with Gasteiger partial charge in [-0.05, 0) is 25.0 Å². The summed E-state index contributed by atoms with van der Waals surface area (Å²) in [5, 5.41) is 11.7. The van der Waals surface area contributed by atoms with Gasteiger partial charge in [-0.1, -0.05) is 11.6 Å². The molecule has 0 saturated heterocycles. The number of hydrogen-bond donors (Lipinski definition) is 2. The molecule has 7 heteroatoms. The lowest BCUT2D eigenvalue weighted by Crippen LogP contribution is -2.40. The maximum Gasteiger partial charge on any atom is 0.326 e. The number of amides is 1. The number of methoxy groups -OCH3 is 1. The van der Waals surface area contributed by atoms with Crippen LogP contribution in [0.25, 0.3) is 0 Å². The van der Waals surface area contributed by atoms with Crippen molar-refractivity contribution in [2.75, 3.05) is 13.7 Å². The standard InChI is InChI=1S/C12H15ClN2O4/c1-19-6-2-3-9(12(17)18)15-11(16)8-4-5-10(13)14-7-8/h4-5,7,9H,2-3,6H2,1H3,(H,15,16)(H,17,18). The van der Waals surface area contributed by atoms with E-state index in [1.54, 1.807) is 0 Å². The Labute approximate surface area is 115 Å². The number of rotatable bonds is 7. The maximum absolute atomic E-state index is 11.8. The van der Waals surface area contributed by atoms with Gasteiger partial charge in [0.25, 0.3) is 5.91 Å². The number of carboxylic acid groups (broad SMARTS) is 1. The average molecular weight is 287 g/mol. The largest absolute Gasteiger partial charge is 0.480 e. The van der Waals surface area contributed by atoms with Crippen LogP contribution in [0.15, 0.2) is 18.3 Å². The molecular formula is C12H15ClN2O4. The van der Waals surface area contributed by atoms with Crippen LogP contribution >= 0.6 is 11.6 Å². The maximum atomic E-state index is 11.8. The third kappa shape index (κ3) is 5.23. The summed E-state index contributed by atoms with van der Waals surface area (Å²) in [5.41, 5.74) is 0.266. The van der Waals surface area contributed by atoms with Crippen molar-refractivity contribution in [1.82, 2.24) is 10.3 Å². The van der Waals surface area contributed by atoms with E-state index in [2.05, 4.69) is 10.3 Å². The molecule has 1 amide bonds. The van der Waals surface area contributed by atoms with E-state index in [9.17, 15) is 9.59 Å². The Hall–Kier alpha value is -1.66. The van der Waals surface area contributed by atoms with Gasteiger partial charge in [0.1, 0.15) is 11.2 Å². The average Bonchev–Trinajstić information content (AvgIpc) is 2.38. The van der Waals surface area contributed by atoms with Crippen LogP contribution in [0.2, 0.25) is 5.15 Å². The first-order valence-corrected chi connectivity index (χ1v) is 6.06. The number of nitrogens with zero attached hydrogens (tertiary/aromatic N) is 1. The molecule has 6 nitrogen and oxygen atoms in total. The number of aromatic nitrogens is 1. The highest BCUT2D eigenvalue weighted by molar-refractivity contribution is 6.29. The number of hydrogen-bond acceptors (Lipinski definition) is 4. The highest BCUT2D eigenvalue weighted by atomic mass is 35.5. The predicted octanol–water partition coefficient (Wildman–Crippen LogP) is 1.34. The quantitative estimate of drug-likeness (QED) is 0.583. The van der Waals surface area contributed by atoms with Gasteiger partial charge in [-0.25, -0.2) is 9.78 Å². The van der Waals surface area contributed by atoms with Gasteiger partial charge in [-0.2, -0.15) is 0 Å². The van der Waals surface area contributed by atoms with Crippen molar-refractivity contribution in [2.45, 2.75) is 18.9 Å². The molecule has 1 heterocycles. The summed E-state index contributed by atoms with van der Waals surface area (Å²) in [4.78, 5) is 26.6. The fraction of sp³-hybridized carbons (Fsp3) is 0.417. The van der Waals surface area contributed by atoms with Crippen LogP contribution in [0.1, 0.15) is 23.2 Å². The summed E-state index contributed by atoms with van der Waals surface area (Å²) in [5.74, 6) is -1.57. The molecule has 104 valence electrons. The third-order valence-electron chi connectivity index (χ3n) is 2.43. The van der Waals surface area contributed by atoms with Crippen molar-refractivity contribution >= 4 is 23.5 Å². The molecule has 1 aromatic rings. The van der Waals surface area contributed by atoms with E-state index in [4.69, 9.17) is 21.4 Å². The normalized spacial score (nSPS) is 11.9. The number of ether oxygens (including phenoxy) is 1. The van der Waals surface area contributed by atoms with Crippen LogP contribution in [0.3, 0.4) is 0 Å². The highest BCUT2D eigenvalue weighted by Gasteiger charge is 2.20. The first-order valence-electron chi connectivity index (χ1n) is 5.68. The van der Waals surface area contributed by atoms with E-state index in [1.165, 1.54) is 25.4 Å². The highest BCUT2D eigenvalue weighted by Crippen LogP contribution is 2.06. The number of carbonyl (C=O) groups excluding carboxylic acids is 1. The molecule has 0 bridgehead atoms. The Balaban J connectivity index is 2.60. The Morgan fingerprint density at radius 3 is 2.79 bits per heavy atom. The lowest BCUT2D eigenvalue weighted by molar-refractivity contribution is -0.139. The first kappa shape index (κ1) is 15.4. The van der Waals surface area contributed by atoms with Crippen LogP contribution in [0.4, 0.5) is 0 Å². The van der Waals surface area contributed by atoms with Gasteiger partial charge in [0.2, 0.25) is 0 Å². The molecule has 0 spiro atoms. The van der Waals surface area contributed by atoms with Crippen LogP contribution in [0.5, 0.6) is 0 Å². The van der Waals surface area contributed by atoms with Crippen molar-refractivity contribution in [1.29, 1.82) is 0 Å². The van der Waals surface area contributed by atoms with Crippen LogP contribution < -0.4 is 5.32 Å². The van der Waals surface area contributed by atoms with E-state index >= 15 is 0 Å². The summed E-state index contributed by atoms with van der Waals surface area (Å²) in [7, 11) is 1.54. The number of carbonyl (C=O) groups is 2. The lowest BCUT2D eigenvalue weighted by atomic mass is 10.1. The van der Waals surface area contributed by atoms with Gasteiger partial charge in [-0.15, -0.1) is 0 Å². The molecule has 0 fully saturated rings. The summed E-state index contributed by atoms with van der Waals surface area (Å²) in [6, 6.07) is 2.01. The lowest BCUT2D eigenvalue weighted by Gasteiger charge is -2.14. The second-order valence-corrected chi connectivity index (χ2v) is 4.26. The zero-order valence-electron chi connectivity index (χ0n) is 10.4. The molecular weight excluding hydrogens is 272 g/mol. The summed E-state index contributed by atoms with van der Waals surface area (Å²) in [6.45, 7) is 0.447. The molecule has 0 aromatic carbocycles. The number of halogens is 1. The predicted molar refractivity (Wildman–Crippen MR) is 69.2 cm³/mol. The fourth-order valence-corrected chi connectivity index (χ4v) is 1.55. The zero-order valence-corrected chi connectivity index (χ0v) is 11.2. The molecule has 0 radical (unpaired) electrons. The minimum absolute atomic E-state index is 0.266. The molecule has 19 heavy (non-hydrogen) atoms. The Morgan fingerprint density at radius 1 is 1.53 bits per heavy atom. The number of carboxylic acids is 1. The minimum atomic E-state index is -1.08. The molecule has 1 unspecified atom stereocenters. The van der Waals surface area contributed by atoms with Gasteiger partial charge >= 0.3 is 5.97 Å². The van der Waals surface area contributed by atoms with E-state index in [0.29, 0.717) is 19.4 Å². The van der Waals surface area contributed by atoms with Crippen molar-refractivity contribution in [2.24, 2.45) is 0 Å². The van der Waals surface area contributed by atoms with Gasteiger partial charge in [-0.3, -0.25) is 4.79 Å². The molecule has 0 aliphatic rings. The molecule has 0 aliphatic carbocycles.